The van der Waals surface area contributed by atoms with E-state index < -0.39 is 0 Å². The van der Waals surface area contributed by atoms with E-state index in [1.54, 1.807) is 44.1 Å². The molecule has 0 spiro atoms. The van der Waals surface area contributed by atoms with Crippen molar-refractivity contribution in [3.05, 3.63) is 107 Å². The Morgan fingerprint density at radius 3 is 1.57 bits per heavy atom. The predicted molar refractivity (Wildman–Crippen MR) is 177 cm³/mol. The summed E-state index contributed by atoms with van der Waals surface area (Å²) < 4.78 is 0. The molecule has 3 atom stereocenters. The Labute approximate surface area is 253 Å². The van der Waals surface area contributed by atoms with Gasteiger partial charge in [0.25, 0.3) is 0 Å². The molecule has 0 saturated heterocycles. The van der Waals surface area contributed by atoms with Crippen molar-refractivity contribution >= 4 is 24.3 Å². The minimum atomic E-state index is 0.523. The third-order valence-electron chi connectivity index (χ3n) is 13.4. The van der Waals surface area contributed by atoms with Crippen LogP contribution in [-0.4, -0.2) is 0 Å². The van der Waals surface area contributed by atoms with Gasteiger partial charge in [0, 0.05) is 0 Å². The molecular weight excluding hydrogens is 504 g/mol. The summed E-state index contributed by atoms with van der Waals surface area (Å²) in [5.41, 5.74) is 8.28. The molecule has 3 unspecified atom stereocenters. The van der Waals surface area contributed by atoms with Crippen molar-refractivity contribution in [3.63, 3.8) is 0 Å². The fourth-order valence-corrected chi connectivity index (χ4v) is 12.8. The maximum atomic E-state index is 2.58. The highest BCUT2D eigenvalue weighted by Crippen LogP contribution is 2.78. The van der Waals surface area contributed by atoms with Crippen molar-refractivity contribution < 1.29 is 0 Å². The van der Waals surface area contributed by atoms with Crippen LogP contribution in [0.1, 0.15) is 104 Å². The zero-order valence-electron chi connectivity index (χ0n) is 25.1. The molecule has 3 aromatic carbocycles. The lowest BCUT2D eigenvalue weighted by Crippen LogP contribution is -2.63. The van der Waals surface area contributed by atoms with Crippen molar-refractivity contribution in [2.45, 2.75) is 76.5 Å². The second-order valence-electron chi connectivity index (χ2n) is 15.8. The van der Waals surface area contributed by atoms with Crippen molar-refractivity contribution in [2.24, 2.45) is 46.3 Å². The van der Waals surface area contributed by atoms with E-state index in [-0.39, 0.29) is 0 Å². The summed E-state index contributed by atoms with van der Waals surface area (Å²) in [4.78, 5) is 0. The Morgan fingerprint density at radius 1 is 0.476 bits per heavy atom. The highest BCUT2D eigenvalue weighted by Gasteiger charge is 2.68. The number of benzene rings is 3. The van der Waals surface area contributed by atoms with Crippen molar-refractivity contribution in [3.8, 4) is 0 Å². The van der Waals surface area contributed by atoms with Gasteiger partial charge in [-0.05, 0) is 151 Å². The summed E-state index contributed by atoms with van der Waals surface area (Å²) in [5, 5.41) is 0. The van der Waals surface area contributed by atoms with E-state index in [0.717, 1.165) is 41.4 Å². The highest BCUT2D eigenvalue weighted by atomic mass is 14.7. The summed E-state index contributed by atoms with van der Waals surface area (Å²) in [6, 6.07) is 29.2. The van der Waals surface area contributed by atoms with Crippen LogP contribution in [0, 0.1) is 46.3 Å². The number of rotatable bonds is 6. The molecule has 0 heterocycles. The molecule has 8 aliphatic carbocycles. The van der Waals surface area contributed by atoms with Crippen LogP contribution in [0.15, 0.2) is 78.9 Å². The van der Waals surface area contributed by atoms with Gasteiger partial charge in [0.2, 0.25) is 0 Å². The third-order valence-corrected chi connectivity index (χ3v) is 13.4. The quantitative estimate of drug-likeness (QED) is 0.268. The Morgan fingerprint density at radius 2 is 1.00 bits per heavy atom. The van der Waals surface area contributed by atoms with Gasteiger partial charge in [0.1, 0.15) is 0 Å². The predicted octanol–water partition coefficient (Wildman–Crippen LogP) is 11.2. The van der Waals surface area contributed by atoms with E-state index >= 15 is 0 Å². The lowest BCUT2D eigenvalue weighted by Gasteiger charge is -2.73. The molecule has 11 rings (SSSR count). The summed E-state index contributed by atoms with van der Waals surface area (Å²) in [7, 11) is 0. The first-order valence-corrected chi connectivity index (χ1v) is 17.3. The molecule has 214 valence electrons. The van der Waals surface area contributed by atoms with E-state index in [9.17, 15) is 0 Å². The molecule has 8 fully saturated rings. The van der Waals surface area contributed by atoms with Gasteiger partial charge in [-0.3, -0.25) is 0 Å². The van der Waals surface area contributed by atoms with Gasteiger partial charge in [0.05, 0.1) is 0 Å². The summed E-state index contributed by atoms with van der Waals surface area (Å²) in [6.07, 6.45) is 26.5. The average molecular weight is 551 g/mol. The molecule has 8 saturated carbocycles. The zero-order valence-corrected chi connectivity index (χ0v) is 25.1. The largest absolute Gasteiger partial charge is 0.0622 e. The molecule has 0 radical (unpaired) electrons. The van der Waals surface area contributed by atoms with Gasteiger partial charge in [-0.15, -0.1) is 0 Å². The molecule has 0 aliphatic heterocycles. The van der Waals surface area contributed by atoms with E-state index in [1.807, 2.05) is 0 Å². The standard InChI is InChI=1S/C42H46/c1-3-8-29(9-4-1)14-16-36-12-7-13-39(38(36)17-15-30-10-5-2-6-11-30)40-37-22-34-21-35(23-37)28-42(40,27-34)41-24-31-18-32(25-41)20-33(19-31)26-41/h1-17,31-35,37,40H,18-28H2. The SMILES string of the molecule is C(=Cc1cccc(C2C3CC4CC(C3)CC2(C23CC5CC(CC(C5)C2)C3)C4)c1C=Cc1ccccc1)c1ccccc1. The fraction of sp³-hybridized carbons (Fsp3) is 0.476. The van der Waals surface area contributed by atoms with Gasteiger partial charge in [0.15, 0.2) is 0 Å². The Kier molecular flexibility index (Phi) is 6.00. The summed E-state index contributed by atoms with van der Waals surface area (Å²) in [6.45, 7) is 0. The first kappa shape index (κ1) is 25.6. The highest BCUT2D eigenvalue weighted by molar-refractivity contribution is 5.81. The van der Waals surface area contributed by atoms with Crippen LogP contribution in [0.2, 0.25) is 0 Å². The molecule has 3 aromatic rings. The van der Waals surface area contributed by atoms with Crippen LogP contribution in [-0.2, 0) is 0 Å². The molecule has 0 aromatic heterocycles. The topological polar surface area (TPSA) is 0 Å². The average Bonchev–Trinajstić information content (AvgIpc) is 2.99. The van der Waals surface area contributed by atoms with Gasteiger partial charge in [-0.25, -0.2) is 0 Å². The molecule has 0 heteroatoms. The van der Waals surface area contributed by atoms with Crippen LogP contribution < -0.4 is 0 Å². The smallest absolute Gasteiger partial charge is 0.00651 e. The van der Waals surface area contributed by atoms with Gasteiger partial charge in [-0.2, -0.15) is 0 Å². The normalized spacial score (nSPS) is 39.6. The molecular formula is C42H46. The molecule has 0 nitrogen and oxygen atoms in total. The van der Waals surface area contributed by atoms with E-state index in [2.05, 4.69) is 103 Å². The molecule has 0 N–H and O–H groups in total. The Balaban J connectivity index is 1.20. The van der Waals surface area contributed by atoms with E-state index in [4.69, 9.17) is 0 Å². The van der Waals surface area contributed by atoms with Crippen LogP contribution in [0.4, 0.5) is 0 Å². The molecule has 8 aliphatic rings. The van der Waals surface area contributed by atoms with E-state index in [0.29, 0.717) is 10.8 Å². The van der Waals surface area contributed by atoms with Crippen LogP contribution >= 0.6 is 0 Å². The van der Waals surface area contributed by atoms with Crippen LogP contribution in [0.25, 0.3) is 24.3 Å². The third kappa shape index (κ3) is 4.07. The Bertz CT molecular complexity index is 1460. The summed E-state index contributed by atoms with van der Waals surface area (Å²) in [5.74, 6) is 6.68. The van der Waals surface area contributed by atoms with Gasteiger partial charge < -0.3 is 0 Å². The zero-order chi connectivity index (χ0) is 27.7. The lowest BCUT2D eigenvalue weighted by atomic mass is 9.32. The van der Waals surface area contributed by atoms with Crippen molar-refractivity contribution in [1.29, 1.82) is 0 Å². The van der Waals surface area contributed by atoms with Crippen molar-refractivity contribution in [2.75, 3.05) is 0 Å². The minimum Gasteiger partial charge on any atom is -0.0622 e. The Hall–Kier alpha value is -2.86. The van der Waals surface area contributed by atoms with Crippen LogP contribution in [0.5, 0.6) is 0 Å². The molecule has 42 heavy (non-hydrogen) atoms. The molecule has 0 amide bonds. The van der Waals surface area contributed by atoms with Gasteiger partial charge in [-0.1, -0.05) is 103 Å². The number of hydrogen-bond donors (Lipinski definition) is 0. The van der Waals surface area contributed by atoms with Crippen LogP contribution in [0.3, 0.4) is 0 Å². The maximum absolute atomic E-state index is 2.58. The minimum absolute atomic E-state index is 0.523. The van der Waals surface area contributed by atoms with E-state index in [1.165, 1.54) is 54.4 Å². The maximum Gasteiger partial charge on any atom is -0.00651 e. The fourth-order valence-electron chi connectivity index (χ4n) is 12.8. The van der Waals surface area contributed by atoms with Crippen molar-refractivity contribution in [1.82, 2.24) is 0 Å². The second kappa shape index (κ2) is 9.83. The summed E-state index contributed by atoms with van der Waals surface area (Å²) >= 11 is 0. The molecule has 8 bridgehead atoms. The lowest BCUT2D eigenvalue weighted by molar-refractivity contribution is -0.211. The first-order chi connectivity index (χ1) is 20.7. The monoisotopic (exact) mass is 550 g/mol. The first-order valence-electron chi connectivity index (χ1n) is 17.3. The van der Waals surface area contributed by atoms with Gasteiger partial charge >= 0.3 is 0 Å². The number of hydrogen-bond acceptors (Lipinski definition) is 0. The second-order valence-corrected chi connectivity index (χ2v) is 15.8.